The van der Waals surface area contributed by atoms with Crippen LogP contribution in [0.4, 0.5) is 11.6 Å². The van der Waals surface area contributed by atoms with Gasteiger partial charge in [0.15, 0.2) is 0 Å². The summed E-state index contributed by atoms with van der Waals surface area (Å²) >= 11 is 0. The Bertz CT molecular complexity index is 377. The number of aliphatic hydroxyl groups is 1. The van der Waals surface area contributed by atoms with Gasteiger partial charge >= 0.3 is 0 Å². The highest BCUT2D eigenvalue weighted by Gasteiger charge is 2.30. The Morgan fingerprint density at radius 2 is 1.89 bits per heavy atom. The first kappa shape index (κ1) is 13.1. The van der Waals surface area contributed by atoms with Crippen LogP contribution in [0, 0.1) is 0 Å². The summed E-state index contributed by atoms with van der Waals surface area (Å²) in [6.45, 7) is 3.58. The minimum atomic E-state index is -0.554. The van der Waals surface area contributed by atoms with Crippen LogP contribution in [0.2, 0.25) is 0 Å². The van der Waals surface area contributed by atoms with E-state index in [4.69, 9.17) is 0 Å². The summed E-state index contributed by atoms with van der Waals surface area (Å²) in [4.78, 5) is 8.32. The molecule has 1 heterocycles. The molecule has 18 heavy (non-hydrogen) atoms. The molecule has 1 aliphatic carbocycles. The Balaban J connectivity index is 1.88. The Labute approximate surface area is 108 Å². The fourth-order valence-corrected chi connectivity index (χ4v) is 2.27. The van der Waals surface area contributed by atoms with Crippen molar-refractivity contribution in [2.24, 2.45) is 0 Å². The maximum Gasteiger partial charge on any atom is 0.131 e. The van der Waals surface area contributed by atoms with Gasteiger partial charge in [0.2, 0.25) is 0 Å². The van der Waals surface area contributed by atoms with Gasteiger partial charge in [-0.25, -0.2) is 9.97 Å². The molecule has 0 aliphatic heterocycles. The quantitative estimate of drug-likeness (QED) is 0.720. The first-order valence-electron chi connectivity index (χ1n) is 6.74. The maximum atomic E-state index is 10.2. The van der Waals surface area contributed by atoms with E-state index >= 15 is 0 Å². The Hall–Kier alpha value is -1.36. The SMILES string of the molecule is CCCNc1cc(NCC2(O)CCCC2)ncn1. The summed E-state index contributed by atoms with van der Waals surface area (Å²) in [7, 11) is 0. The topological polar surface area (TPSA) is 70.1 Å². The van der Waals surface area contributed by atoms with Crippen LogP contribution in [0.15, 0.2) is 12.4 Å². The Morgan fingerprint density at radius 3 is 2.56 bits per heavy atom. The standard InChI is InChI=1S/C13H22N4O/c1-2-7-14-11-8-12(17-10-16-11)15-9-13(18)5-3-4-6-13/h8,10,18H,2-7,9H2,1H3,(H2,14,15,16,17). The molecule has 5 heteroatoms. The van der Waals surface area contributed by atoms with E-state index in [0.717, 1.165) is 50.3 Å². The molecule has 1 aromatic heterocycles. The van der Waals surface area contributed by atoms with Gasteiger partial charge < -0.3 is 15.7 Å². The van der Waals surface area contributed by atoms with Crippen LogP contribution in [0.5, 0.6) is 0 Å². The smallest absolute Gasteiger partial charge is 0.131 e. The summed E-state index contributed by atoms with van der Waals surface area (Å²) < 4.78 is 0. The summed E-state index contributed by atoms with van der Waals surface area (Å²) in [5.41, 5.74) is -0.554. The van der Waals surface area contributed by atoms with Gasteiger partial charge in [0, 0.05) is 19.2 Å². The van der Waals surface area contributed by atoms with E-state index in [1.165, 1.54) is 0 Å². The zero-order valence-corrected chi connectivity index (χ0v) is 10.9. The van der Waals surface area contributed by atoms with E-state index < -0.39 is 5.60 Å². The lowest BCUT2D eigenvalue weighted by molar-refractivity contribution is 0.0614. The maximum absolute atomic E-state index is 10.2. The van der Waals surface area contributed by atoms with E-state index in [-0.39, 0.29) is 0 Å². The summed E-state index contributed by atoms with van der Waals surface area (Å²) in [6, 6.07) is 1.88. The number of nitrogens with one attached hydrogen (secondary N) is 2. The van der Waals surface area contributed by atoms with Gasteiger partial charge in [-0.15, -0.1) is 0 Å². The molecule has 0 bridgehead atoms. The van der Waals surface area contributed by atoms with E-state index in [9.17, 15) is 5.11 Å². The third-order valence-electron chi connectivity index (χ3n) is 3.36. The number of hydrogen-bond acceptors (Lipinski definition) is 5. The second kappa shape index (κ2) is 6.00. The third kappa shape index (κ3) is 3.57. The summed E-state index contributed by atoms with van der Waals surface area (Å²) in [6.07, 6.45) is 6.60. The molecule has 2 rings (SSSR count). The molecule has 1 fully saturated rings. The molecule has 5 nitrogen and oxygen atoms in total. The van der Waals surface area contributed by atoms with Gasteiger partial charge in [-0.1, -0.05) is 19.8 Å². The highest BCUT2D eigenvalue weighted by molar-refractivity contribution is 5.46. The zero-order valence-electron chi connectivity index (χ0n) is 10.9. The van der Waals surface area contributed by atoms with Crippen LogP contribution in [-0.4, -0.2) is 33.8 Å². The van der Waals surface area contributed by atoms with Crippen molar-refractivity contribution < 1.29 is 5.11 Å². The largest absolute Gasteiger partial charge is 0.388 e. The van der Waals surface area contributed by atoms with Crippen LogP contribution < -0.4 is 10.6 Å². The molecule has 0 amide bonds. The molecule has 0 unspecified atom stereocenters. The first-order valence-corrected chi connectivity index (χ1v) is 6.74. The van der Waals surface area contributed by atoms with Gasteiger partial charge in [0.1, 0.15) is 18.0 Å². The molecule has 0 radical (unpaired) electrons. The number of anilines is 2. The van der Waals surface area contributed by atoms with Crippen molar-refractivity contribution in [2.45, 2.75) is 44.6 Å². The van der Waals surface area contributed by atoms with Gasteiger partial charge in [0.25, 0.3) is 0 Å². The van der Waals surface area contributed by atoms with Crippen molar-refractivity contribution in [3.63, 3.8) is 0 Å². The molecule has 1 aliphatic rings. The van der Waals surface area contributed by atoms with E-state index in [0.29, 0.717) is 6.54 Å². The highest BCUT2D eigenvalue weighted by Crippen LogP contribution is 2.29. The van der Waals surface area contributed by atoms with E-state index in [1.807, 2.05) is 6.07 Å². The second-order valence-electron chi connectivity index (χ2n) is 5.00. The minimum Gasteiger partial charge on any atom is -0.388 e. The molecule has 1 saturated carbocycles. The summed E-state index contributed by atoms with van der Waals surface area (Å²) in [5.74, 6) is 1.59. The average Bonchev–Trinajstić information content (AvgIpc) is 2.82. The first-order chi connectivity index (χ1) is 8.72. The van der Waals surface area contributed by atoms with Crippen molar-refractivity contribution in [2.75, 3.05) is 23.7 Å². The molecular weight excluding hydrogens is 228 g/mol. The Morgan fingerprint density at radius 1 is 1.22 bits per heavy atom. The van der Waals surface area contributed by atoms with Gasteiger partial charge in [0.05, 0.1) is 5.60 Å². The third-order valence-corrected chi connectivity index (χ3v) is 3.36. The van der Waals surface area contributed by atoms with Crippen molar-refractivity contribution in [3.8, 4) is 0 Å². The molecule has 0 aromatic carbocycles. The van der Waals surface area contributed by atoms with Gasteiger partial charge in [-0.2, -0.15) is 0 Å². The fourth-order valence-electron chi connectivity index (χ4n) is 2.27. The van der Waals surface area contributed by atoms with Crippen molar-refractivity contribution in [3.05, 3.63) is 12.4 Å². The highest BCUT2D eigenvalue weighted by atomic mass is 16.3. The van der Waals surface area contributed by atoms with Crippen LogP contribution in [0.3, 0.4) is 0 Å². The van der Waals surface area contributed by atoms with Crippen LogP contribution in [0.1, 0.15) is 39.0 Å². The molecule has 0 saturated heterocycles. The van der Waals surface area contributed by atoms with Gasteiger partial charge in [-0.05, 0) is 19.3 Å². The molecule has 1 aromatic rings. The zero-order chi connectivity index (χ0) is 12.8. The molecule has 100 valence electrons. The lowest BCUT2D eigenvalue weighted by atomic mass is 10.0. The van der Waals surface area contributed by atoms with E-state index in [1.54, 1.807) is 6.33 Å². The van der Waals surface area contributed by atoms with Crippen LogP contribution in [0.25, 0.3) is 0 Å². The average molecular weight is 250 g/mol. The number of hydrogen-bond donors (Lipinski definition) is 3. The second-order valence-corrected chi connectivity index (χ2v) is 5.00. The minimum absolute atomic E-state index is 0.554. The molecular formula is C13H22N4O. The predicted molar refractivity (Wildman–Crippen MR) is 72.7 cm³/mol. The summed E-state index contributed by atoms with van der Waals surface area (Å²) in [5, 5.41) is 16.7. The number of aromatic nitrogens is 2. The lowest BCUT2D eigenvalue weighted by Crippen LogP contribution is -2.33. The van der Waals surface area contributed by atoms with Crippen molar-refractivity contribution in [1.29, 1.82) is 0 Å². The Kier molecular flexibility index (Phi) is 4.36. The van der Waals surface area contributed by atoms with E-state index in [2.05, 4.69) is 27.5 Å². The predicted octanol–water partition coefficient (Wildman–Crippen LogP) is 2.02. The normalized spacial score (nSPS) is 17.7. The molecule has 0 atom stereocenters. The molecule has 3 N–H and O–H groups in total. The monoisotopic (exact) mass is 250 g/mol. The fraction of sp³-hybridized carbons (Fsp3) is 0.692. The lowest BCUT2D eigenvalue weighted by Gasteiger charge is -2.22. The number of rotatable bonds is 6. The molecule has 0 spiro atoms. The van der Waals surface area contributed by atoms with Crippen molar-refractivity contribution >= 4 is 11.6 Å². The number of nitrogens with zero attached hydrogens (tertiary/aromatic N) is 2. The van der Waals surface area contributed by atoms with Gasteiger partial charge in [-0.3, -0.25) is 0 Å². The van der Waals surface area contributed by atoms with Crippen molar-refractivity contribution in [1.82, 2.24) is 9.97 Å². The van der Waals surface area contributed by atoms with Crippen LogP contribution >= 0.6 is 0 Å². The van der Waals surface area contributed by atoms with Crippen LogP contribution in [-0.2, 0) is 0 Å².